The van der Waals surface area contributed by atoms with E-state index in [4.69, 9.17) is 33.7 Å². The molecule has 0 amide bonds. The summed E-state index contributed by atoms with van der Waals surface area (Å²) in [6.45, 7) is 1.66. The third-order valence-corrected chi connectivity index (χ3v) is 3.61. The predicted octanol–water partition coefficient (Wildman–Crippen LogP) is 4.41. The van der Waals surface area contributed by atoms with Gasteiger partial charge in [-0.15, -0.1) is 0 Å². The van der Waals surface area contributed by atoms with Crippen LogP contribution in [0.15, 0.2) is 22.9 Å². The van der Waals surface area contributed by atoms with Crippen LogP contribution in [0.2, 0.25) is 10.0 Å². The molecule has 1 aromatic carbocycles. The molecule has 0 spiro atoms. The van der Waals surface area contributed by atoms with Gasteiger partial charge in [-0.25, -0.2) is 14.4 Å². The van der Waals surface area contributed by atoms with Crippen molar-refractivity contribution in [2.45, 2.75) is 13.0 Å². The Morgan fingerprint density at radius 1 is 1.40 bits per heavy atom. The number of halogens is 4. The van der Waals surface area contributed by atoms with E-state index in [2.05, 4.69) is 25.9 Å². The lowest BCUT2D eigenvalue weighted by atomic mass is 10.1. The van der Waals surface area contributed by atoms with Gasteiger partial charge in [0.15, 0.2) is 5.82 Å². The van der Waals surface area contributed by atoms with Crippen LogP contribution in [0.4, 0.5) is 10.2 Å². The molecule has 0 bridgehead atoms. The van der Waals surface area contributed by atoms with Crippen LogP contribution in [0, 0.1) is 5.82 Å². The molecule has 4 nitrogen and oxygen atoms in total. The van der Waals surface area contributed by atoms with E-state index in [0.29, 0.717) is 15.2 Å². The Hall–Kier alpha value is -1.11. The maximum absolute atomic E-state index is 13.5. The van der Waals surface area contributed by atoms with Crippen molar-refractivity contribution in [1.29, 1.82) is 0 Å². The van der Waals surface area contributed by atoms with Crippen molar-refractivity contribution >= 4 is 44.9 Å². The molecule has 0 saturated heterocycles. The minimum absolute atomic E-state index is 0.0912. The number of hydrogen-bond donors (Lipinski definition) is 1. The van der Waals surface area contributed by atoms with Gasteiger partial charge in [0.1, 0.15) is 16.5 Å². The first-order valence-electron chi connectivity index (χ1n) is 5.48. The Morgan fingerprint density at radius 3 is 2.80 bits per heavy atom. The van der Waals surface area contributed by atoms with Crippen LogP contribution >= 0.6 is 39.1 Å². The molecule has 0 saturated carbocycles. The molecule has 2 aromatic rings. The largest absolute Gasteiger partial charge is 0.467 e. The highest BCUT2D eigenvalue weighted by molar-refractivity contribution is 9.10. The minimum Gasteiger partial charge on any atom is -0.467 e. The SMILES string of the molecule is CC(Oc1nc(Br)cnc1N)c1c(Cl)ccc(F)c1Cl. The topological polar surface area (TPSA) is 61.0 Å². The third-order valence-electron chi connectivity index (χ3n) is 2.51. The molecular formula is C12H9BrCl2FN3O. The van der Waals surface area contributed by atoms with Gasteiger partial charge in [-0.1, -0.05) is 23.2 Å². The lowest BCUT2D eigenvalue weighted by Gasteiger charge is -2.18. The van der Waals surface area contributed by atoms with Crippen LogP contribution in [-0.2, 0) is 0 Å². The van der Waals surface area contributed by atoms with Crippen molar-refractivity contribution in [3.05, 3.63) is 44.4 Å². The predicted molar refractivity (Wildman–Crippen MR) is 79.6 cm³/mol. The van der Waals surface area contributed by atoms with E-state index in [9.17, 15) is 4.39 Å². The highest BCUT2D eigenvalue weighted by Gasteiger charge is 2.20. The summed E-state index contributed by atoms with van der Waals surface area (Å²) in [5, 5.41) is 0.206. The number of anilines is 1. The van der Waals surface area contributed by atoms with Gasteiger partial charge in [-0.2, -0.15) is 0 Å². The Kier molecular flexibility index (Phi) is 4.67. The zero-order valence-electron chi connectivity index (χ0n) is 10.2. The van der Waals surface area contributed by atoms with Gasteiger partial charge >= 0.3 is 0 Å². The average molecular weight is 381 g/mol. The molecule has 0 fully saturated rings. The minimum atomic E-state index is -0.642. The van der Waals surface area contributed by atoms with Gasteiger partial charge in [0, 0.05) is 10.6 Å². The number of nitrogens with zero attached hydrogens (tertiary/aromatic N) is 2. The molecule has 0 aliphatic carbocycles. The second-order valence-electron chi connectivity index (χ2n) is 3.90. The van der Waals surface area contributed by atoms with Crippen molar-refractivity contribution in [3.63, 3.8) is 0 Å². The van der Waals surface area contributed by atoms with Crippen molar-refractivity contribution in [2.75, 3.05) is 5.73 Å². The van der Waals surface area contributed by atoms with Crippen molar-refractivity contribution in [1.82, 2.24) is 9.97 Å². The maximum Gasteiger partial charge on any atom is 0.258 e. The molecule has 0 aliphatic heterocycles. The number of hydrogen-bond acceptors (Lipinski definition) is 4. The quantitative estimate of drug-likeness (QED) is 0.801. The van der Waals surface area contributed by atoms with E-state index in [1.807, 2.05) is 0 Å². The zero-order valence-corrected chi connectivity index (χ0v) is 13.3. The second kappa shape index (κ2) is 6.11. The molecule has 2 rings (SSSR count). The van der Waals surface area contributed by atoms with Gasteiger partial charge in [0.05, 0.1) is 11.2 Å². The average Bonchev–Trinajstić information content (AvgIpc) is 2.39. The number of nitrogen functional groups attached to an aromatic ring is 1. The first-order valence-corrected chi connectivity index (χ1v) is 7.03. The molecule has 1 atom stereocenters. The summed E-state index contributed by atoms with van der Waals surface area (Å²) < 4.78 is 19.5. The maximum atomic E-state index is 13.5. The van der Waals surface area contributed by atoms with E-state index < -0.39 is 11.9 Å². The van der Waals surface area contributed by atoms with E-state index >= 15 is 0 Å². The monoisotopic (exact) mass is 379 g/mol. The first kappa shape index (κ1) is 15.3. The van der Waals surface area contributed by atoms with Gasteiger partial charge in [0.25, 0.3) is 5.88 Å². The Balaban J connectivity index is 2.35. The Labute approximate surface area is 133 Å². The van der Waals surface area contributed by atoms with Gasteiger partial charge in [-0.3, -0.25) is 0 Å². The lowest BCUT2D eigenvalue weighted by molar-refractivity contribution is 0.217. The van der Waals surface area contributed by atoms with Crippen LogP contribution in [0.25, 0.3) is 0 Å². The highest BCUT2D eigenvalue weighted by Crippen LogP contribution is 2.35. The van der Waals surface area contributed by atoms with Crippen LogP contribution in [0.5, 0.6) is 5.88 Å². The molecule has 2 N–H and O–H groups in total. The molecule has 8 heteroatoms. The fourth-order valence-electron chi connectivity index (χ4n) is 1.59. The summed E-state index contributed by atoms with van der Waals surface area (Å²) in [4.78, 5) is 7.94. The molecule has 1 unspecified atom stereocenters. The van der Waals surface area contributed by atoms with Gasteiger partial charge in [0.2, 0.25) is 0 Å². The third kappa shape index (κ3) is 3.13. The Bertz CT molecular complexity index is 657. The number of nitrogens with two attached hydrogens (primary N) is 1. The fraction of sp³-hybridized carbons (Fsp3) is 0.167. The molecule has 106 valence electrons. The summed E-state index contributed by atoms with van der Waals surface area (Å²) in [6, 6.07) is 2.60. The standard InChI is InChI=1S/C12H9BrCl2FN3O/c1-5(9-6(14)2-3-7(16)10(9)15)20-12-11(17)18-4-8(13)19-12/h2-5H,1H3,(H2,17,18). The van der Waals surface area contributed by atoms with E-state index in [-0.39, 0.29) is 16.7 Å². The molecular weight excluding hydrogens is 372 g/mol. The zero-order chi connectivity index (χ0) is 14.9. The number of aromatic nitrogens is 2. The van der Waals surface area contributed by atoms with Crippen molar-refractivity contribution in [2.24, 2.45) is 0 Å². The van der Waals surface area contributed by atoms with Crippen LogP contribution in [0.1, 0.15) is 18.6 Å². The molecule has 0 radical (unpaired) electrons. The molecule has 1 heterocycles. The summed E-state index contributed by atoms with van der Waals surface area (Å²) in [6.07, 6.45) is 0.797. The summed E-state index contributed by atoms with van der Waals surface area (Å²) in [7, 11) is 0. The van der Waals surface area contributed by atoms with Crippen LogP contribution in [0.3, 0.4) is 0 Å². The lowest BCUT2D eigenvalue weighted by Crippen LogP contribution is -2.09. The number of rotatable bonds is 3. The van der Waals surface area contributed by atoms with Crippen LogP contribution < -0.4 is 10.5 Å². The summed E-state index contributed by atoms with van der Waals surface area (Å²) in [5.41, 5.74) is 5.99. The first-order chi connectivity index (χ1) is 9.40. The van der Waals surface area contributed by atoms with Crippen molar-refractivity contribution < 1.29 is 9.13 Å². The summed E-state index contributed by atoms with van der Waals surface area (Å²) in [5.74, 6) is -0.346. The molecule has 1 aromatic heterocycles. The highest BCUT2D eigenvalue weighted by atomic mass is 79.9. The summed E-state index contributed by atoms with van der Waals surface area (Å²) >= 11 is 15.1. The van der Waals surface area contributed by atoms with Crippen LogP contribution in [-0.4, -0.2) is 9.97 Å². The molecule has 20 heavy (non-hydrogen) atoms. The van der Waals surface area contributed by atoms with E-state index in [1.54, 1.807) is 6.92 Å². The smallest absolute Gasteiger partial charge is 0.258 e. The van der Waals surface area contributed by atoms with Gasteiger partial charge in [-0.05, 0) is 35.0 Å². The fourth-order valence-corrected chi connectivity index (χ4v) is 2.53. The van der Waals surface area contributed by atoms with Gasteiger partial charge < -0.3 is 10.5 Å². The van der Waals surface area contributed by atoms with E-state index in [0.717, 1.165) is 0 Å². The van der Waals surface area contributed by atoms with Crippen molar-refractivity contribution in [3.8, 4) is 5.88 Å². The Morgan fingerprint density at radius 2 is 2.10 bits per heavy atom. The normalized spacial score (nSPS) is 12.2. The second-order valence-corrected chi connectivity index (χ2v) is 5.50. The van der Waals surface area contributed by atoms with E-state index in [1.165, 1.54) is 18.3 Å². The molecule has 0 aliphatic rings. The number of benzene rings is 1. The number of ether oxygens (including phenoxy) is 1.